The van der Waals surface area contributed by atoms with Crippen molar-refractivity contribution >= 4 is 23.2 Å². The minimum Gasteiger partial charge on any atom is -0.496 e. The summed E-state index contributed by atoms with van der Waals surface area (Å²) in [6, 6.07) is 5.49. The van der Waals surface area contributed by atoms with E-state index >= 15 is 0 Å². The SMILES string of the molecule is COc1cc2c(cc1CC(C)C)-c1c(c(C(=O)N(CCCN(C(C)=O)C(O)(O)O)C(O)(O)O)nn1-c1ccsc1)CO2. The van der Waals surface area contributed by atoms with Crippen molar-refractivity contribution in [3.8, 4) is 28.4 Å². The zero-order chi connectivity index (χ0) is 31.0. The van der Waals surface area contributed by atoms with Crippen molar-refractivity contribution in [2.45, 2.75) is 52.4 Å². The summed E-state index contributed by atoms with van der Waals surface area (Å²) < 4.78 is 13.1. The third-order valence-electron chi connectivity index (χ3n) is 6.69. The molecular weight excluding hydrogens is 572 g/mol. The number of aromatic nitrogens is 2. The first-order valence-corrected chi connectivity index (χ1v) is 14.0. The van der Waals surface area contributed by atoms with Crippen molar-refractivity contribution in [1.82, 2.24) is 19.6 Å². The Morgan fingerprint density at radius 2 is 1.79 bits per heavy atom. The van der Waals surface area contributed by atoms with Crippen LogP contribution in [0.3, 0.4) is 0 Å². The van der Waals surface area contributed by atoms with Gasteiger partial charge >= 0.3 is 12.2 Å². The molecule has 4 rings (SSSR count). The van der Waals surface area contributed by atoms with Crippen molar-refractivity contribution in [2.24, 2.45) is 5.92 Å². The number of benzene rings is 1. The van der Waals surface area contributed by atoms with E-state index < -0.39 is 37.1 Å². The second-order valence-electron chi connectivity index (χ2n) is 10.3. The topological polar surface area (TPSA) is 198 Å². The van der Waals surface area contributed by atoms with Crippen molar-refractivity contribution in [2.75, 3.05) is 20.2 Å². The molecule has 42 heavy (non-hydrogen) atoms. The van der Waals surface area contributed by atoms with Gasteiger partial charge in [-0.15, -0.1) is 0 Å². The van der Waals surface area contributed by atoms with Crippen molar-refractivity contribution in [1.29, 1.82) is 0 Å². The quantitative estimate of drug-likeness (QED) is 0.167. The highest BCUT2D eigenvalue weighted by molar-refractivity contribution is 7.08. The zero-order valence-electron chi connectivity index (χ0n) is 23.5. The average Bonchev–Trinajstić information content (AvgIpc) is 3.54. The number of carbonyl (C=O) groups excluding carboxylic acids is 2. The Morgan fingerprint density at radius 1 is 1.12 bits per heavy atom. The van der Waals surface area contributed by atoms with Crippen LogP contribution in [0.2, 0.25) is 0 Å². The highest BCUT2D eigenvalue weighted by atomic mass is 32.1. The molecule has 0 unspecified atom stereocenters. The number of carbonyl (C=O) groups is 2. The van der Waals surface area contributed by atoms with E-state index in [0.717, 1.165) is 12.5 Å². The minimum absolute atomic E-state index is 0.108. The van der Waals surface area contributed by atoms with Gasteiger partial charge in [-0.3, -0.25) is 19.4 Å². The van der Waals surface area contributed by atoms with Gasteiger partial charge in [0.1, 0.15) is 18.1 Å². The highest BCUT2D eigenvalue weighted by Gasteiger charge is 2.40. The van der Waals surface area contributed by atoms with Crippen molar-refractivity contribution < 1.29 is 49.7 Å². The lowest BCUT2D eigenvalue weighted by molar-refractivity contribution is -0.383. The van der Waals surface area contributed by atoms with E-state index in [1.807, 2.05) is 16.8 Å². The molecule has 0 saturated carbocycles. The van der Waals surface area contributed by atoms with Crippen LogP contribution in [0.5, 0.6) is 11.5 Å². The first-order chi connectivity index (χ1) is 19.6. The third kappa shape index (κ3) is 6.42. The monoisotopic (exact) mass is 606 g/mol. The lowest BCUT2D eigenvalue weighted by atomic mass is 9.95. The van der Waals surface area contributed by atoms with Gasteiger partial charge in [0.25, 0.3) is 5.91 Å². The van der Waals surface area contributed by atoms with Crippen LogP contribution in [0, 0.1) is 5.92 Å². The molecule has 228 valence electrons. The molecule has 3 heterocycles. The molecule has 0 saturated heterocycles. The van der Waals surface area contributed by atoms with Gasteiger partial charge in [-0.25, -0.2) is 4.68 Å². The summed E-state index contributed by atoms with van der Waals surface area (Å²) in [5, 5.41) is 66.7. The molecule has 2 amide bonds. The lowest BCUT2D eigenvalue weighted by Crippen LogP contribution is -2.54. The van der Waals surface area contributed by atoms with Crippen LogP contribution in [0.4, 0.5) is 0 Å². The van der Waals surface area contributed by atoms with E-state index in [2.05, 4.69) is 18.9 Å². The Hall–Kier alpha value is -3.57. The molecule has 3 aromatic rings. The summed E-state index contributed by atoms with van der Waals surface area (Å²) in [7, 11) is 1.57. The number of hydrogen-bond donors (Lipinski definition) is 6. The van der Waals surface area contributed by atoms with Crippen LogP contribution < -0.4 is 9.47 Å². The molecule has 15 heteroatoms. The Labute approximate surface area is 245 Å². The summed E-state index contributed by atoms with van der Waals surface area (Å²) in [5.74, 6) is -0.515. The average molecular weight is 607 g/mol. The third-order valence-corrected chi connectivity index (χ3v) is 7.36. The summed E-state index contributed by atoms with van der Waals surface area (Å²) in [6.07, 6.45) is -6.72. The van der Waals surface area contributed by atoms with E-state index in [1.165, 1.54) is 11.3 Å². The summed E-state index contributed by atoms with van der Waals surface area (Å²) >= 11 is 1.41. The number of aliphatic hydroxyl groups is 6. The maximum atomic E-state index is 13.7. The second kappa shape index (κ2) is 12.0. The van der Waals surface area contributed by atoms with Crippen LogP contribution in [0.15, 0.2) is 29.0 Å². The number of thiophene rings is 1. The Kier molecular flexibility index (Phi) is 8.94. The Balaban J connectivity index is 1.78. The smallest absolute Gasteiger partial charge is 0.372 e. The fraction of sp³-hybridized carbons (Fsp3) is 0.444. The van der Waals surface area contributed by atoms with Gasteiger partial charge in [0.2, 0.25) is 5.91 Å². The Bertz CT molecular complexity index is 1440. The van der Waals surface area contributed by atoms with E-state index in [9.17, 15) is 40.2 Å². The molecule has 0 bridgehead atoms. The number of rotatable bonds is 11. The van der Waals surface area contributed by atoms with E-state index in [1.54, 1.807) is 23.9 Å². The molecule has 1 aromatic carbocycles. The number of amides is 2. The number of nitrogens with zero attached hydrogens (tertiary/aromatic N) is 4. The molecule has 6 N–H and O–H groups in total. The normalized spacial score (nSPS) is 12.9. The van der Waals surface area contributed by atoms with Gasteiger partial charge < -0.3 is 40.1 Å². The summed E-state index contributed by atoms with van der Waals surface area (Å²) in [4.78, 5) is 26.0. The molecule has 0 aliphatic carbocycles. The van der Waals surface area contributed by atoms with E-state index in [0.29, 0.717) is 51.2 Å². The van der Waals surface area contributed by atoms with Gasteiger partial charge in [-0.1, -0.05) is 13.8 Å². The predicted molar refractivity (Wildman–Crippen MR) is 148 cm³/mol. The number of ether oxygens (including phenoxy) is 2. The van der Waals surface area contributed by atoms with E-state index in [4.69, 9.17) is 9.47 Å². The van der Waals surface area contributed by atoms with E-state index in [-0.39, 0.29) is 23.6 Å². The van der Waals surface area contributed by atoms with Gasteiger partial charge in [-0.2, -0.15) is 16.4 Å². The highest BCUT2D eigenvalue weighted by Crippen LogP contribution is 2.44. The standard InChI is InChI=1S/C27H34N4O10S/c1-15(2)10-17-11-19-22(12-21(17)40-4)41-13-20-23(28-31(24(19)20)18-6-9-42-14-18)25(33)30(27(37,38)39)8-5-7-29(16(3)32)26(34,35)36/h6,9,11-12,14-15,34-39H,5,7-8,10,13H2,1-4H3. The largest absolute Gasteiger partial charge is 0.496 e. The maximum absolute atomic E-state index is 13.7. The molecule has 0 radical (unpaired) electrons. The maximum Gasteiger partial charge on any atom is 0.372 e. The molecular formula is C27H34N4O10S. The lowest BCUT2D eigenvalue weighted by Gasteiger charge is -2.32. The van der Waals surface area contributed by atoms with Crippen molar-refractivity contribution in [3.63, 3.8) is 0 Å². The van der Waals surface area contributed by atoms with Gasteiger partial charge in [0.05, 0.1) is 18.5 Å². The van der Waals surface area contributed by atoms with Gasteiger partial charge in [0, 0.05) is 42.6 Å². The van der Waals surface area contributed by atoms with Gasteiger partial charge in [0.15, 0.2) is 5.69 Å². The van der Waals surface area contributed by atoms with Crippen LogP contribution in [-0.4, -0.2) is 94.4 Å². The first kappa shape index (κ1) is 31.4. The molecule has 2 aromatic heterocycles. The summed E-state index contributed by atoms with van der Waals surface area (Å²) in [6.45, 7) is 3.90. The fourth-order valence-electron chi connectivity index (χ4n) is 4.87. The predicted octanol–water partition coefficient (Wildman–Crippen LogP) is 0.557. The molecule has 14 nitrogen and oxygen atoms in total. The Morgan fingerprint density at radius 3 is 2.33 bits per heavy atom. The zero-order valence-corrected chi connectivity index (χ0v) is 24.3. The van der Waals surface area contributed by atoms with Crippen LogP contribution in [0.1, 0.15) is 48.8 Å². The summed E-state index contributed by atoms with van der Waals surface area (Å²) in [5.41, 5.74) is 2.84. The molecule has 1 aliphatic rings. The minimum atomic E-state index is -3.64. The number of fused-ring (bicyclic) bond motifs is 3. The van der Waals surface area contributed by atoms with Crippen LogP contribution in [0.25, 0.3) is 16.9 Å². The van der Waals surface area contributed by atoms with Crippen LogP contribution >= 0.6 is 11.3 Å². The molecule has 0 spiro atoms. The number of hydrogen-bond acceptors (Lipinski definition) is 12. The van der Waals surface area contributed by atoms with Gasteiger partial charge in [-0.05, 0) is 41.8 Å². The molecule has 0 fully saturated rings. The fourth-order valence-corrected chi connectivity index (χ4v) is 5.49. The van der Waals surface area contributed by atoms with Crippen LogP contribution in [-0.2, 0) is 17.8 Å². The first-order valence-electron chi connectivity index (χ1n) is 13.1. The molecule has 0 atom stereocenters. The second-order valence-corrected chi connectivity index (χ2v) is 11.1. The van der Waals surface area contributed by atoms with Crippen molar-refractivity contribution in [3.05, 3.63) is 45.8 Å². The molecule has 1 aliphatic heterocycles. The number of methoxy groups -OCH3 is 1.